The molecule has 11 nitrogen and oxygen atoms in total. The minimum absolute atomic E-state index is 0.322. The Balaban J connectivity index is 1.31. The minimum atomic E-state index is -0.487. The molecule has 1 amide bonds. The van der Waals surface area contributed by atoms with E-state index in [-0.39, 0.29) is 5.82 Å². The third kappa shape index (κ3) is 7.40. The van der Waals surface area contributed by atoms with Crippen LogP contribution in [0.1, 0.15) is 11.1 Å². The number of nitrogens with one attached hydrogen (secondary N) is 2. The van der Waals surface area contributed by atoms with Gasteiger partial charge in [-0.1, -0.05) is 6.07 Å². The number of methoxy groups -OCH3 is 3. The van der Waals surface area contributed by atoms with Crippen LogP contribution >= 0.6 is 0 Å². The van der Waals surface area contributed by atoms with Gasteiger partial charge in [0.2, 0.25) is 0 Å². The second-order valence-electron chi connectivity index (χ2n) is 8.83. The first-order chi connectivity index (χ1) is 19.5. The number of benzene rings is 2. The van der Waals surface area contributed by atoms with E-state index >= 15 is 0 Å². The van der Waals surface area contributed by atoms with E-state index in [4.69, 9.17) is 28.8 Å². The van der Waals surface area contributed by atoms with Crippen molar-refractivity contribution in [1.29, 1.82) is 0 Å². The summed E-state index contributed by atoms with van der Waals surface area (Å²) in [6.45, 7) is 3.31. The molecule has 3 aromatic rings. The van der Waals surface area contributed by atoms with Crippen LogP contribution in [-0.2, 0) is 31.9 Å². The summed E-state index contributed by atoms with van der Waals surface area (Å²) >= 11 is 0. The molecule has 0 saturated heterocycles. The third-order valence-electron chi connectivity index (χ3n) is 6.26. The summed E-state index contributed by atoms with van der Waals surface area (Å²) in [6.07, 6.45) is 0.164. The van der Waals surface area contributed by atoms with Crippen LogP contribution in [0.4, 0.5) is 20.7 Å². The van der Waals surface area contributed by atoms with E-state index in [0.29, 0.717) is 76.3 Å². The monoisotopic (exact) mass is 558 g/mol. The lowest BCUT2D eigenvalue weighted by Crippen LogP contribution is -2.27. The van der Waals surface area contributed by atoms with Gasteiger partial charge in [-0.15, -0.1) is 0 Å². The maximum Gasteiger partial charge on any atom is 0.406 e. The number of alkyl carbamates (subject to hydrolysis) is 1. The van der Waals surface area contributed by atoms with Crippen LogP contribution in [0.25, 0.3) is 11.3 Å². The lowest BCUT2D eigenvalue weighted by atomic mass is 10.1. The highest BCUT2D eigenvalue weighted by atomic mass is 19.1. The van der Waals surface area contributed by atoms with Crippen LogP contribution < -0.4 is 20.1 Å². The van der Waals surface area contributed by atoms with Gasteiger partial charge >= 0.3 is 6.09 Å². The van der Waals surface area contributed by atoms with Gasteiger partial charge in [0.1, 0.15) is 11.6 Å². The van der Waals surface area contributed by atoms with Crippen molar-refractivity contribution < 1.29 is 37.6 Å². The highest BCUT2D eigenvalue weighted by Crippen LogP contribution is 2.45. The van der Waals surface area contributed by atoms with E-state index in [1.807, 2.05) is 22.9 Å². The summed E-state index contributed by atoms with van der Waals surface area (Å²) in [5, 5.41) is 10.8. The fourth-order valence-corrected chi connectivity index (χ4v) is 4.36. The Bertz CT molecular complexity index is 1280. The second-order valence-corrected chi connectivity index (χ2v) is 8.83. The van der Waals surface area contributed by atoms with Crippen LogP contribution in [-0.4, -0.2) is 83.4 Å². The molecule has 12 heteroatoms. The zero-order chi connectivity index (χ0) is 28.3. The Morgan fingerprint density at radius 1 is 0.950 bits per heavy atom. The van der Waals surface area contributed by atoms with Crippen molar-refractivity contribution in [3.05, 3.63) is 53.3 Å². The van der Waals surface area contributed by atoms with Crippen molar-refractivity contribution in [2.45, 2.75) is 13.0 Å². The molecule has 1 aromatic heterocycles. The average Bonchev–Trinajstić information content (AvgIpc) is 3.47. The molecule has 40 heavy (non-hydrogen) atoms. The highest BCUT2D eigenvalue weighted by molar-refractivity contribution is 5.82. The van der Waals surface area contributed by atoms with Gasteiger partial charge in [0, 0.05) is 29.8 Å². The van der Waals surface area contributed by atoms with Gasteiger partial charge in [0.15, 0.2) is 11.5 Å². The number of hydrogen-bond acceptors (Lipinski definition) is 9. The zero-order valence-electron chi connectivity index (χ0n) is 23.0. The number of carbonyl (C=O) groups is 1. The molecular weight excluding hydrogens is 523 g/mol. The lowest BCUT2D eigenvalue weighted by Gasteiger charge is -2.13. The number of carbonyl (C=O) groups excluding carboxylic acids is 1. The predicted octanol–water partition coefficient (Wildman–Crippen LogP) is 3.76. The first-order valence-corrected chi connectivity index (χ1v) is 13.0. The number of amides is 1. The number of ether oxygens (including phenoxy) is 6. The van der Waals surface area contributed by atoms with Crippen molar-refractivity contribution in [3.63, 3.8) is 0 Å². The van der Waals surface area contributed by atoms with Gasteiger partial charge in [-0.3, -0.25) is 0 Å². The molecule has 216 valence electrons. The molecule has 0 bridgehead atoms. The van der Waals surface area contributed by atoms with E-state index in [9.17, 15) is 9.18 Å². The van der Waals surface area contributed by atoms with Gasteiger partial charge in [0.05, 0.1) is 73.2 Å². The first-order valence-electron chi connectivity index (χ1n) is 13.0. The molecule has 1 heterocycles. The second kappa shape index (κ2) is 14.5. The smallest absolute Gasteiger partial charge is 0.406 e. The number of hydrogen-bond donors (Lipinski definition) is 2. The maximum absolute atomic E-state index is 13.9. The molecule has 4 rings (SSSR count). The first kappa shape index (κ1) is 29.1. The Morgan fingerprint density at radius 3 is 2.35 bits per heavy atom. The number of fused-ring (bicyclic) bond motifs is 3. The van der Waals surface area contributed by atoms with Gasteiger partial charge in [0.25, 0.3) is 0 Å². The van der Waals surface area contributed by atoms with E-state index < -0.39 is 6.09 Å². The van der Waals surface area contributed by atoms with E-state index in [2.05, 4.69) is 15.4 Å². The van der Waals surface area contributed by atoms with Gasteiger partial charge in [-0.25, -0.2) is 13.9 Å². The van der Waals surface area contributed by atoms with Crippen molar-refractivity contribution >= 4 is 17.6 Å². The minimum Gasteiger partial charge on any atom is -0.493 e. The number of anilines is 2. The van der Waals surface area contributed by atoms with Crippen LogP contribution in [0.3, 0.4) is 0 Å². The molecule has 0 aliphatic heterocycles. The summed E-state index contributed by atoms with van der Waals surface area (Å²) < 4.78 is 47.9. The largest absolute Gasteiger partial charge is 0.493 e. The molecule has 0 saturated carbocycles. The van der Waals surface area contributed by atoms with Crippen molar-refractivity contribution in [2.24, 2.45) is 0 Å². The molecule has 0 atom stereocenters. The summed E-state index contributed by atoms with van der Waals surface area (Å²) in [5.41, 5.74) is 4.56. The SMILES string of the molecule is COC(=O)NCCOCCOCCOCCn1nc2c(c1Nc1cccc(F)c1)Cc1cc(OC)c(OC)cc1-2. The Labute approximate surface area is 232 Å². The summed E-state index contributed by atoms with van der Waals surface area (Å²) in [5.74, 6) is 1.76. The predicted molar refractivity (Wildman–Crippen MR) is 146 cm³/mol. The number of rotatable bonds is 16. The van der Waals surface area contributed by atoms with Gasteiger partial charge < -0.3 is 39.1 Å². The van der Waals surface area contributed by atoms with Crippen LogP contribution in [0.15, 0.2) is 36.4 Å². The molecule has 0 spiro atoms. The van der Waals surface area contributed by atoms with Gasteiger partial charge in [-0.2, -0.15) is 5.10 Å². The zero-order valence-corrected chi connectivity index (χ0v) is 23.0. The van der Waals surface area contributed by atoms with Crippen LogP contribution in [0.2, 0.25) is 0 Å². The summed E-state index contributed by atoms with van der Waals surface area (Å²) in [4.78, 5) is 10.9. The molecule has 0 unspecified atom stereocenters. The maximum atomic E-state index is 13.9. The standard InChI is InChI=1S/C28H35FN4O7/c1-35-24-16-19-15-23-26(22(19)18-25(24)36-2)32-33(27(23)31-21-6-4-5-20(29)17-21)8-10-39-12-14-40-13-11-38-9-7-30-28(34)37-3/h4-6,16-18,31H,7-15H2,1-3H3,(H,30,34). The molecule has 2 aromatic carbocycles. The molecule has 0 radical (unpaired) electrons. The average molecular weight is 559 g/mol. The number of nitrogens with zero attached hydrogens (tertiary/aromatic N) is 2. The van der Waals surface area contributed by atoms with E-state index in [1.165, 1.54) is 19.2 Å². The summed E-state index contributed by atoms with van der Waals surface area (Å²) in [7, 11) is 4.53. The Hall–Kier alpha value is -3.87. The van der Waals surface area contributed by atoms with Crippen LogP contribution in [0.5, 0.6) is 11.5 Å². The Morgan fingerprint density at radius 2 is 1.65 bits per heavy atom. The molecule has 1 aliphatic rings. The van der Waals surface area contributed by atoms with Crippen molar-refractivity contribution in [2.75, 3.05) is 72.8 Å². The van der Waals surface area contributed by atoms with E-state index in [1.54, 1.807) is 20.3 Å². The summed E-state index contributed by atoms with van der Waals surface area (Å²) in [6, 6.07) is 10.2. The van der Waals surface area contributed by atoms with Crippen LogP contribution in [0, 0.1) is 5.82 Å². The highest BCUT2D eigenvalue weighted by Gasteiger charge is 2.29. The van der Waals surface area contributed by atoms with E-state index in [0.717, 1.165) is 28.2 Å². The third-order valence-corrected chi connectivity index (χ3v) is 6.26. The lowest BCUT2D eigenvalue weighted by molar-refractivity contribution is 0.0134. The van der Waals surface area contributed by atoms with Crippen molar-refractivity contribution in [1.82, 2.24) is 15.1 Å². The van der Waals surface area contributed by atoms with Gasteiger partial charge in [-0.05, 0) is 35.9 Å². The fourth-order valence-electron chi connectivity index (χ4n) is 4.36. The van der Waals surface area contributed by atoms with Crippen molar-refractivity contribution in [3.8, 4) is 22.8 Å². The number of halogens is 1. The molecule has 0 fully saturated rings. The number of aromatic nitrogens is 2. The molecule has 1 aliphatic carbocycles. The fraction of sp³-hybridized carbons (Fsp3) is 0.429. The quantitative estimate of drug-likeness (QED) is 0.198. The molecule has 2 N–H and O–H groups in total. The Kier molecular flexibility index (Phi) is 10.6. The topological polar surface area (TPSA) is 114 Å². The normalized spacial score (nSPS) is 11.6. The molecular formula is C28H35FN4O7.